The van der Waals surface area contributed by atoms with Gasteiger partial charge < -0.3 is 13.3 Å². The molecule has 0 amide bonds. The van der Waals surface area contributed by atoms with Gasteiger partial charge in [-0.15, -0.1) is 0 Å². The molecule has 33 heavy (non-hydrogen) atoms. The molecule has 0 atom stereocenters. The second kappa shape index (κ2) is 8.98. The average molecular weight is 481 g/mol. The summed E-state index contributed by atoms with van der Waals surface area (Å²) in [4.78, 5) is 4.31. The highest BCUT2D eigenvalue weighted by Crippen LogP contribution is 2.39. The van der Waals surface area contributed by atoms with E-state index in [0.29, 0.717) is 16.7 Å². The molecular formula is C24H17ClN2O5S. The zero-order chi connectivity index (χ0) is 23.6. The number of hydrogen-bond acceptors (Lipinski definition) is 7. The molecule has 0 saturated carbocycles. The maximum absolute atomic E-state index is 12.7. The van der Waals surface area contributed by atoms with Crippen LogP contribution in [-0.2, 0) is 10.1 Å². The number of halogens is 1. The van der Waals surface area contributed by atoms with Crippen molar-refractivity contribution in [2.45, 2.75) is 11.8 Å². The monoisotopic (exact) mass is 480 g/mol. The van der Waals surface area contributed by atoms with E-state index in [1.807, 2.05) is 13.0 Å². The number of allylic oxidation sites excluding steroid dienone is 1. The molecule has 0 aliphatic rings. The van der Waals surface area contributed by atoms with Gasteiger partial charge in [0.25, 0.3) is 0 Å². The van der Waals surface area contributed by atoms with Crippen molar-refractivity contribution in [2.24, 2.45) is 0 Å². The van der Waals surface area contributed by atoms with Crippen LogP contribution in [0.15, 0.2) is 70.0 Å². The Balaban J connectivity index is 1.71. The number of para-hydroxylation sites is 2. The van der Waals surface area contributed by atoms with Crippen LogP contribution in [0, 0.1) is 18.3 Å². The quantitative estimate of drug-likeness (QED) is 0.260. The number of nitriles is 1. The first kappa shape index (κ1) is 22.4. The second-order valence-corrected chi connectivity index (χ2v) is 8.99. The largest absolute Gasteiger partial charge is 0.493 e. The first-order valence-corrected chi connectivity index (χ1v) is 11.5. The number of aryl methyl sites for hydroxylation is 1. The summed E-state index contributed by atoms with van der Waals surface area (Å²) in [6.07, 6.45) is 1.51. The van der Waals surface area contributed by atoms with Gasteiger partial charge in [0.05, 0.1) is 12.1 Å². The highest BCUT2D eigenvalue weighted by Gasteiger charge is 2.22. The van der Waals surface area contributed by atoms with Crippen LogP contribution in [0.1, 0.15) is 17.0 Å². The first-order chi connectivity index (χ1) is 15.8. The molecule has 0 unspecified atom stereocenters. The Hall–Kier alpha value is -3.80. The molecule has 4 aromatic rings. The normalized spacial score (nSPS) is 11.9. The van der Waals surface area contributed by atoms with Crippen molar-refractivity contribution < 1.29 is 21.8 Å². The minimum absolute atomic E-state index is 0.00820. The number of methoxy groups -OCH3 is 1. The van der Waals surface area contributed by atoms with Gasteiger partial charge in [0.15, 0.2) is 11.3 Å². The van der Waals surface area contributed by atoms with Crippen molar-refractivity contribution in [3.8, 4) is 17.6 Å². The molecule has 0 spiro atoms. The molecule has 7 nitrogen and oxygen atoms in total. The fraction of sp³-hybridized carbons (Fsp3) is 0.0833. The predicted octanol–water partition coefficient (Wildman–Crippen LogP) is 5.63. The summed E-state index contributed by atoms with van der Waals surface area (Å²) in [5.74, 6) is 0.0765. The summed E-state index contributed by atoms with van der Waals surface area (Å²) in [6, 6.07) is 18.4. The minimum atomic E-state index is -4.14. The number of rotatable bonds is 6. The van der Waals surface area contributed by atoms with Crippen molar-refractivity contribution in [3.63, 3.8) is 0 Å². The Kier molecular flexibility index (Phi) is 6.09. The van der Waals surface area contributed by atoms with Crippen molar-refractivity contribution in [2.75, 3.05) is 7.11 Å². The molecule has 0 aliphatic heterocycles. The molecule has 0 aliphatic carbocycles. The first-order valence-electron chi connectivity index (χ1n) is 9.67. The van der Waals surface area contributed by atoms with Crippen molar-refractivity contribution in [1.82, 2.24) is 4.98 Å². The van der Waals surface area contributed by atoms with Crippen LogP contribution in [0.25, 0.3) is 22.7 Å². The van der Waals surface area contributed by atoms with Crippen LogP contribution in [0.5, 0.6) is 11.5 Å². The Labute approximate surface area is 195 Å². The zero-order valence-corrected chi connectivity index (χ0v) is 19.1. The van der Waals surface area contributed by atoms with E-state index in [4.69, 9.17) is 24.9 Å². The Morgan fingerprint density at radius 1 is 1.15 bits per heavy atom. The maximum Gasteiger partial charge on any atom is 0.339 e. The molecule has 4 rings (SSSR count). The molecule has 0 N–H and O–H groups in total. The molecule has 0 saturated heterocycles. The van der Waals surface area contributed by atoms with Crippen LogP contribution in [0.3, 0.4) is 0 Å². The van der Waals surface area contributed by atoms with Gasteiger partial charge in [-0.25, -0.2) is 4.98 Å². The third kappa shape index (κ3) is 4.70. The van der Waals surface area contributed by atoms with E-state index in [1.54, 1.807) is 30.3 Å². The molecule has 1 aromatic heterocycles. The second-order valence-electron chi connectivity index (χ2n) is 7.04. The fourth-order valence-electron chi connectivity index (χ4n) is 3.06. The number of benzene rings is 3. The third-order valence-corrected chi connectivity index (χ3v) is 6.23. The molecule has 0 fully saturated rings. The minimum Gasteiger partial charge on any atom is -0.493 e. The summed E-state index contributed by atoms with van der Waals surface area (Å²) in [7, 11) is -2.78. The van der Waals surface area contributed by atoms with Crippen LogP contribution < -0.4 is 8.92 Å². The molecule has 3 aromatic carbocycles. The lowest BCUT2D eigenvalue weighted by Gasteiger charge is -2.13. The fourth-order valence-corrected chi connectivity index (χ4v) is 4.32. The van der Waals surface area contributed by atoms with Gasteiger partial charge in [0.1, 0.15) is 22.1 Å². The highest BCUT2D eigenvalue weighted by molar-refractivity contribution is 7.87. The van der Waals surface area contributed by atoms with Crippen molar-refractivity contribution in [1.29, 1.82) is 5.26 Å². The lowest BCUT2D eigenvalue weighted by molar-refractivity contribution is 0.390. The van der Waals surface area contributed by atoms with Crippen molar-refractivity contribution >= 4 is 44.5 Å². The van der Waals surface area contributed by atoms with E-state index in [2.05, 4.69) is 11.1 Å². The van der Waals surface area contributed by atoms with Crippen LogP contribution >= 0.6 is 11.6 Å². The highest BCUT2D eigenvalue weighted by atomic mass is 35.5. The van der Waals surface area contributed by atoms with Gasteiger partial charge in [-0.3, -0.25) is 0 Å². The molecule has 1 heterocycles. The summed E-state index contributed by atoms with van der Waals surface area (Å²) in [5.41, 5.74) is 2.71. The Morgan fingerprint density at radius 3 is 2.55 bits per heavy atom. The average Bonchev–Trinajstić information content (AvgIpc) is 3.23. The molecule has 9 heteroatoms. The molecular weight excluding hydrogens is 464 g/mol. The summed E-state index contributed by atoms with van der Waals surface area (Å²) < 4.78 is 41.7. The number of oxazole rings is 1. The number of nitrogens with zero attached hydrogens (tertiary/aromatic N) is 2. The topological polar surface area (TPSA) is 102 Å². The van der Waals surface area contributed by atoms with Crippen molar-refractivity contribution in [3.05, 3.63) is 82.7 Å². The lowest BCUT2D eigenvalue weighted by atomic mass is 10.1. The summed E-state index contributed by atoms with van der Waals surface area (Å²) in [6.45, 7) is 1.85. The Bertz CT molecular complexity index is 1480. The van der Waals surface area contributed by atoms with E-state index >= 15 is 0 Å². The van der Waals surface area contributed by atoms with Crippen LogP contribution in [0.2, 0.25) is 5.02 Å². The number of aromatic nitrogens is 1. The van der Waals surface area contributed by atoms with Gasteiger partial charge in [-0.05, 0) is 55.0 Å². The number of ether oxygens (including phenoxy) is 1. The van der Waals surface area contributed by atoms with Gasteiger partial charge >= 0.3 is 10.1 Å². The van der Waals surface area contributed by atoms with Crippen LogP contribution in [0.4, 0.5) is 0 Å². The zero-order valence-electron chi connectivity index (χ0n) is 17.6. The van der Waals surface area contributed by atoms with E-state index in [9.17, 15) is 13.7 Å². The van der Waals surface area contributed by atoms with Gasteiger partial charge in [-0.2, -0.15) is 13.7 Å². The lowest BCUT2D eigenvalue weighted by Crippen LogP contribution is -2.11. The number of fused-ring (bicyclic) bond motifs is 1. The SMILES string of the molecule is COc1cc(/C=C(\C#N)c2nc3ccccc3o2)cc(Cl)c1OS(=O)(=O)c1ccc(C)cc1. The summed E-state index contributed by atoms with van der Waals surface area (Å²) >= 11 is 6.35. The smallest absolute Gasteiger partial charge is 0.339 e. The Morgan fingerprint density at radius 2 is 1.88 bits per heavy atom. The van der Waals surface area contributed by atoms with E-state index in [0.717, 1.165) is 5.56 Å². The van der Waals surface area contributed by atoms with Gasteiger partial charge in [0.2, 0.25) is 11.6 Å². The predicted molar refractivity (Wildman–Crippen MR) is 124 cm³/mol. The van der Waals surface area contributed by atoms with E-state index in [-0.39, 0.29) is 32.9 Å². The molecule has 0 radical (unpaired) electrons. The van der Waals surface area contributed by atoms with Crippen LogP contribution in [-0.4, -0.2) is 20.5 Å². The summed E-state index contributed by atoms with van der Waals surface area (Å²) in [5, 5.41) is 9.62. The molecule has 0 bridgehead atoms. The van der Waals surface area contributed by atoms with Gasteiger partial charge in [-0.1, -0.05) is 41.4 Å². The maximum atomic E-state index is 12.7. The molecule has 166 valence electrons. The van der Waals surface area contributed by atoms with E-state index < -0.39 is 10.1 Å². The third-order valence-electron chi connectivity index (χ3n) is 4.71. The van der Waals surface area contributed by atoms with Gasteiger partial charge in [0, 0.05) is 0 Å². The standard InChI is InChI=1S/C24H17ClN2O5S/c1-15-7-9-18(10-8-15)33(28,29)32-23-19(25)12-16(13-22(23)30-2)11-17(14-26)24-27-20-5-3-4-6-21(20)31-24/h3-13H,1-2H3/b17-11+. The van der Waals surface area contributed by atoms with E-state index in [1.165, 1.54) is 37.5 Å². The number of hydrogen-bond donors (Lipinski definition) is 0.